The van der Waals surface area contributed by atoms with Crippen molar-refractivity contribution in [2.45, 2.75) is 39.3 Å². The second kappa shape index (κ2) is 6.86. The Balaban J connectivity index is 1.81. The van der Waals surface area contributed by atoms with Gasteiger partial charge in [0, 0.05) is 13.1 Å². The Hall–Kier alpha value is -1.39. The van der Waals surface area contributed by atoms with E-state index in [-0.39, 0.29) is 18.1 Å². The van der Waals surface area contributed by atoms with Crippen LogP contribution in [0.3, 0.4) is 0 Å². The van der Waals surface area contributed by atoms with E-state index in [1.165, 1.54) is 16.7 Å². The van der Waals surface area contributed by atoms with E-state index in [1.807, 2.05) is 6.92 Å². The van der Waals surface area contributed by atoms with Crippen LogP contribution in [0.25, 0.3) is 0 Å². The van der Waals surface area contributed by atoms with Crippen LogP contribution in [-0.4, -0.2) is 37.7 Å². The number of hydrogen-bond acceptors (Lipinski definition) is 3. The SMILES string of the molecule is Cc1cc(C)cc(CCNC(=O)[C@H]2NCCO[C@@H]2C)c1. The van der Waals surface area contributed by atoms with Crippen LogP contribution in [0.5, 0.6) is 0 Å². The van der Waals surface area contributed by atoms with Gasteiger partial charge in [0.25, 0.3) is 0 Å². The van der Waals surface area contributed by atoms with Crippen LogP contribution in [0, 0.1) is 13.8 Å². The molecule has 0 bridgehead atoms. The number of aryl methyl sites for hydroxylation is 2. The predicted molar refractivity (Wildman–Crippen MR) is 79.8 cm³/mol. The molecular formula is C16H24N2O2. The van der Waals surface area contributed by atoms with Crippen molar-refractivity contribution in [3.05, 3.63) is 34.9 Å². The molecule has 1 amide bonds. The summed E-state index contributed by atoms with van der Waals surface area (Å²) in [6.07, 6.45) is 0.793. The van der Waals surface area contributed by atoms with Crippen molar-refractivity contribution < 1.29 is 9.53 Å². The molecule has 2 rings (SSSR count). The topological polar surface area (TPSA) is 50.4 Å². The van der Waals surface area contributed by atoms with Gasteiger partial charge in [-0.1, -0.05) is 29.3 Å². The van der Waals surface area contributed by atoms with E-state index >= 15 is 0 Å². The Bertz CT molecular complexity index is 453. The fourth-order valence-corrected chi connectivity index (χ4v) is 2.68. The smallest absolute Gasteiger partial charge is 0.239 e. The minimum Gasteiger partial charge on any atom is -0.375 e. The number of hydrogen-bond donors (Lipinski definition) is 2. The van der Waals surface area contributed by atoms with Gasteiger partial charge in [0.1, 0.15) is 6.04 Å². The van der Waals surface area contributed by atoms with Crippen LogP contribution in [0.15, 0.2) is 18.2 Å². The summed E-state index contributed by atoms with van der Waals surface area (Å²) in [5.74, 6) is 0.0292. The molecule has 2 atom stereocenters. The zero-order chi connectivity index (χ0) is 14.5. The van der Waals surface area contributed by atoms with Gasteiger partial charge in [-0.3, -0.25) is 4.79 Å². The van der Waals surface area contributed by atoms with Gasteiger partial charge in [-0.2, -0.15) is 0 Å². The van der Waals surface area contributed by atoms with Gasteiger partial charge in [0.2, 0.25) is 5.91 Å². The number of ether oxygens (including phenoxy) is 1. The van der Waals surface area contributed by atoms with Gasteiger partial charge in [0.05, 0.1) is 12.7 Å². The Morgan fingerprint density at radius 2 is 2.05 bits per heavy atom. The second-order valence-corrected chi connectivity index (χ2v) is 5.54. The molecule has 2 N–H and O–H groups in total. The highest BCUT2D eigenvalue weighted by molar-refractivity contribution is 5.82. The average molecular weight is 276 g/mol. The highest BCUT2D eigenvalue weighted by Crippen LogP contribution is 2.09. The molecule has 0 unspecified atom stereocenters. The zero-order valence-electron chi connectivity index (χ0n) is 12.5. The predicted octanol–water partition coefficient (Wildman–Crippen LogP) is 1.34. The normalized spacial score (nSPS) is 22.6. The first-order valence-corrected chi connectivity index (χ1v) is 7.26. The molecule has 0 aromatic heterocycles. The van der Waals surface area contributed by atoms with Crippen molar-refractivity contribution in [2.75, 3.05) is 19.7 Å². The fourth-order valence-electron chi connectivity index (χ4n) is 2.68. The van der Waals surface area contributed by atoms with Crippen LogP contribution in [0.4, 0.5) is 0 Å². The molecule has 0 radical (unpaired) electrons. The summed E-state index contributed by atoms with van der Waals surface area (Å²) in [6, 6.07) is 6.27. The Morgan fingerprint density at radius 1 is 1.35 bits per heavy atom. The quantitative estimate of drug-likeness (QED) is 0.872. The van der Waals surface area contributed by atoms with Gasteiger partial charge in [-0.25, -0.2) is 0 Å². The minimum atomic E-state index is -0.233. The van der Waals surface area contributed by atoms with Crippen molar-refractivity contribution in [3.63, 3.8) is 0 Å². The van der Waals surface area contributed by atoms with Crippen LogP contribution < -0.4 is 10.6 Å². The van der Waals surface area contributed by atoms with Gasteiger partial charge in [-0.05, 0) is 32.8 Å². The number of benzene rings is 1. The first-order valence-electron chi connectivity index (χ1n) is 7.26. The molecule has 1 aromatic carbocycles. The van der Waals surface area contributed by atoms with E-state index < -0.39 is 0 Å². The molecule has 1 aliphatic heterocycles. The van der Waals surface area contributed by atoms with Crippen LogP contribution in [0.2, 0.25) is 0 Å². The third-order valence-corrected chi connectivity index (χ3v) is 3.59. The first kappa shape index (κ1) is 15.0. The van der Waals surface area contributed by atoms with E-state index in [2.05, 4.69) is 42.7 Å². The van der Waals surface area contributed by atoms with Gasteiger partial charge >= 0.3 is 0 Å². The highest BCUT2D eigenvalue weighted by atomic mass is 16.5. The maximum Gasteiger partial charge on any atom is 0.239 e. The molecule has 4 heteroatoms. The first-order chi connectivity index (χ1) is 9.56. The third kappa shape index (κ3) is 4.05. The molecule has 20 heavy (non-hydrogen) atoms. The zero-order valence-corrected chi connectivity index (χ0v) is 12.5. The number of nitrogens with one attached hydrogen (secondary N) is 2. The number of carbonyl (C=O) groups excluding carboxylic acids is 1. The number of amides is 1. The molecule has 4 nitrogen and oxygen atoms in total. The lowest BCUT2D eigenvalue weighted by molar-refractivity contribution is -0.128. The van der Waals surface area contributed by atoms with Gasteiger partial charge in [0.15, 0.2) is 0 Å². The lowest BCUT2D eigenvalue weighted by Crippen LogP contribution is -2.55. The summed E-state index contributed by atoms with van der Waals surface area (Å²) in [5, 5.41) is 6.19. The fraction of sp³-hybridized carbons (Fsp3) is 0.562. The molecule has 1 aromatic rings. The summed E-state index contributed by atoms with van der Waals surface area (Å²) in [6.45, 7) is 8.19. The van der Waals surface area contributed by atoms with Crippen LogP contribution >= 0.6 is 0 Å². The summed E-state index contributed by atoms with van der Waals surface area (Å²) >= 11 is 0. The van der Waals surface area contributed by atoms with Crippen LogP contribution in [0.1, 0.15) is 23.6 Å². The van der Waals surface area contributed by atoms with E-state index in [0.717, 1.165) is 13.0 Å². The van der Waals surface area contributed by atoms with Crippen molar-refractivity contribution >= 4 is 5.91 Å². The molecular weight excluding hydrogens is 252 g/mol. The lowest BCUT2D eigenvalue weighted by atomic mass is 10.0. The van der Waals surface area contributed by atoms with Gasteiger partial charge in [-0.15, -0.1) is 0 Å². The largest absolute Gasteiger partial charge is 0.375 e. The molecule has 1 heterocycles. The molecule has 1 fully saturated rings. The molecule has 0 spiro atoms. The number of rotatable bonds is 4. The number of carbonyl (C=O) groups is 1. The number of morpholine rings is 1. The van der Waals surface area contributed by atoms with Crippen molar-refractivity contribution in [3.8, 4) is 0 Å². The van der Waals surface area contributed by atoms with Crippen molar-refractivity contribution in [1.29, 1.82) is 0 Å². The second-order valence-electron chi connectivity index (χ2n) is 5.54. The lowest BCUT2D eigenvalue weighted by Gasteiger charge is -2.29. The van der Waals surface area contributed by atoms with Crippen molar-refractivity contribution in [1.82, 2.24) is 10.6 Å². The van der Waals surface area contributed by atoms with Crippen molar-refractivity contribution in [2.24, 2.45) is 0 Å². The monoisotopic (exact) mass is 276 g/mol. The summed E-state index contributed by atoms with van der Waals surface area (Å²) in [7, 11) is 0. The van der Waals surface area contributed by atoms with E-state index in [9.17, 15) is 4.79 Å². The van der Waals surface area contributed by atoms with Crippen LogP contribution in [-0.2, 0) is 16.0 Å². The Kier molecular flexibility index (Phi) is 5.15. The Morgan fingerprint density at radius 3 is 2.70 bits per heavy atom. The van der Waals surface area contributed by atoms with Gasteiger partial charge < -0.3 is 15.4 Å². The summed E-state index contributed by atoms with van der Waals surface area (Å²) in [4.78, 5) is 12.1. The van der Waals surface area contributed by atoms with E-state index in [4.69, 9.17) is 4.74 Å². The summed E-state index contributed by atoms with van der Waals surface area (Å²) < 4.78 is 5.48. The molecule has 0 saturated carbocycles. The third-order valence-electron chi connectivity index (χ3n) is 3.59. The maximum absolute atomic E-state index is 12.1. The Labute approximate surface area is 120 Å². The van der Waals surface area contributed by atoms with E-state index in [0.29, 0.717) is 13.2 Å². The average Bonchev–Trinajstić information content (AvgIpc) is 2.38. The molecule has 0 aliphatic carbocycles. The standard InChI is InChI=1S/C16H24N2O2/c1-11-8-12(2)10-14(9-11)4-5-18-16(19)15-13(3)20-7-6-17-15/h8-10,13,15,17H,4-7H2,1-3H3,(H,18,19)/t13-,15+/m1/s1. The highest BCUT2D eigenvalue weighted by Gasteiger charge is 2.27. The molecule has 110 valence electrons. The molecule has 1 saturated heterocycles. The molecule has 1 aliphatic rings. The maximum atomic E-state index is 12.1. The minimum absolute atomic E-state index is 0.0292. The van der Waals surface area contributed by atoms with E-state index in [1.54, 1.807) is 0 Å². The summed E-state index contributed by atoms with van der Waals surface area (Å²) in [5.41, 5.74) is 3.80.